The van der Waals surface area contributed by atoms with Gasteiger partial charge in [-0.25, -0.2) is 9.37 Å². The van der Waals surface area contributed by atoms with Crippen LogP contribution in [0.5, 0.6) is 0 Å². The largest absolute Gasteiger partial charge is 0.411 e. The molecular weight excluding hydrogens is 287 g/mol. The summed E-state index contributed by atoms with van der Waals surface area (Å²) in [6.45, 7) is 1.55. The van der Waals surface area contributed by atoms with Crippen molar-refractivity contribution >= 4 is 5.91 Å². The number of likely N-dealkylation sites (tertiary alicyclic amines) is 1. The Labute approximate surface area is 126 Å². The van der Waals surface area contributed by atoms with E-state index >= 15 is 0 Å². The molecule has 0 aromatic carbocycles. The second kappa shape index (κ2) is 5.15. The quantitative estimate of drug-likeness (QED) is 0.850. The summed E-state index contributed by atoms with van der Waals surface area (Å²) in [6, 6.07) is 2.70. The Kier molecular flexibility index (Phi) is 3.13. The molecule has 3 heterocycles. The van der Waals surface area contributed by atoms with Crippen LogP contribution in [-0.4, -0.2) is 39.1 Å². The molecule has 2 aromatic rings. The molecule has 1 aliphatic carbocycles. The Balaban J connectivity index is 1.51. The normalized spacial score (nSPS) is 23.8. The summed E-state index contributed by atoms with van der Waals surface area (Å²) in [7, 11) is 0. The second-order valence-electron chi connectivity index (χ2n) is 5.94. The van der Waals surface area contributed by atoms with Gasteiger partial charge >= 0.3 is 11.8 Å². The van der Waals surface area contributed by atoms with Crippen molar-refractivity contribution in [3.05, 3.63) is 30.0 Å². The van der Waals surface area contributed by atoms with Crippen LogP contribution in [0.3, 0.4) is 0 Å². The molecule has 1 aliphatic heterocycles. The zero-order valence-corrected chi connectivity index (χ0v) is 11.9. The molecule has 2 aromatic heterocycles. The van der Waals surface area contributed by atoms with Crippen molar-refractivity contribution in [1.29, 1.82) is 0 Å². The molecule has 7 heteroatoms. The van der Waals surface area contributed by atoms with Crippen molar-refractivity contribution in [3.8, 4) is 11.6 Å². The Morgan fingerprint density at radius 1 is 1.23 bits per heavy atom. The van der Waals surface area contributed by atoms with Gasteiger partial charge in [0.05, 0.1) is 6.20 Å². The van der Waals surface area contributed by atoms with Gasteiger partial charge in [-0.15, -0.1) is 10.2 Å². The molecule has 2 atom stereocenters. The van der Waals surface area contributed by atoms with E-state index in [0.29, 0.717) is 17.5 Å². The molecule has 6 nitrogen and oxygen atoms in total. The monoisotopic (exact) mass is 302 g/mol. The fourth-order valence-electron chi connectivity index (χ4n) is 3.45. The molecule has 114 valence electrons. The van der Waals surface area contributed by atoms with E-state index in [1.807, 2.05) is 0 Å². The van der Waals surface area contributed by atoms with E-state index in [0.717, 1.165) is 19.3 Å². The number of carbonyl (C=O) groups is 1. The number of hydrogen-bond donors (Lipinski definition) is 0. The van der Waals surface area contributed by atoms with Gasteiger partial charge in [-0.2, -0.15) is 0 Å². The van der Waals surface area contributed by atoms with E-state index in [4.69, 9.17) is 4.42 Å². The van der Waals surface area contributed by atoms with Gasteiger partial charge in [0.2, 0.25) is 0 Å². The first kappa shape index (κ1) is 13.4. The molecule has 1 saturated carbocycles. The SMILES string of the molecule is O=C(c1nnc(-c2ccc(F)cn2)o1)N1C[C@H]2CCC[C@H]2C1. The topological polar surface area (TPSA) is 72.1 Å². The van der Waals surface area contributed by atoms with E-state index in [1.165, 1.54) is 31.4 Å². The van der Waals surface area contributed by atoms with Crippen molar-refractivity contribution in [3.63, 3.8) is 0 Å². The van der Waals surface area contributed by atoms with Crippen LogP contribution in [-0.2, 0) is 0 Å². The number of halogens is 1. The third-order valence-electron chi connectivity index (χ3n) is 4.57. The molecule has 22 heavy (non-hydrogen) atoms. The number of rotatable bonds is 2. The number of aromatic nitrogens is 3. The molecule has 2 aliphatic rings. The summed E-state index contributed by atoms with van der Waals surface area (Å²) in [5.74, 6) is 0.664. The maximum absolute atomic E-state index is 12.9. The third kappa shape index (κ3) is 2.26. The second-order valence-corrected chi connectivity index (χ2v) is 5.94. The van der Waals surface area contributed by atoms with Gasteiger partial charge in [0.15, 0.2) is 0 Å². The maximum atomic E-state index is 12.9. The molecule has 0 spiro atoms. The van der Waals surface area contributed by atoms with Crippen molar-refractivity contribution in [2.24, 2.45) is 11.8 Å². The number of nitrogens with zero attached hydrogens (tertiary/aromatic N) is 4. The van der Waals surface area contributed by atoms with Gasteiger partial charge in [0.25, 0.3) is 5.89 Å². The average molecular weight is 302 g/mol. The first-order valence-electron chi connectivity index (χ1n) is 7.45. The van der Waals surface area contributed by atoms with E-state index in [9.17, 15) is 9.18 Å². The van der Waals surface area contributed by atoms with E-state index in [-0.39, 0.29) is 17.7 Å². The van der Waals surface area contributed by atoms with Crippen LogP contribution in [0.2, 0.25) is 0 Å². The first-order valence-corrected chi connectivity index (χ1v) is 7.45. The molecule has 0 radical (unpaired) electrons. The zero-order valence-electron chi connectivity index (χ0n) is 11.9. The Morgan fingerprint density at radius 3 is 2.68 bits per heavy atom. The predicted molar refractivity (Wildman–Crippen MR) is 74.2 cm³/mol. The van der Waals surface area contributed by atoms with Crippen LogP contribution >= 0.6 is 0 Å². The number of fused-ring (bicyclic) bond motifs is 1. The van der Waals surface area contributed by atoms with Gasteiger partial charge in [-0.05, 0) is 36.8 Å². The van der Waals surface area contributed by atoms with Crippen molar-refractivity contribution in [2.45, 2.75) is 19.3 Å². The maximum Gasteiger partial charge on any atom is 0.311 e. The lowest BCUT2D eigenvalue weighted by Crippen LogP contribution is -2.29. The van der Waals surface area contributed by atoms with Crippen LogP contribution in [0, 0.1) is 17.7 Å². The minimum Gasteiger partial charge on any atom is -0.411 e. The molecule has 0 N–H and O–H groups in total. The van der Waals surface area contributed by atoms with E-state index in [2.05, 4.69) is 15.2 Å². The fourth-order valence-corrected chi connectivity index (χ4v) is 3.45. The van der Waals surface area contributed by atoms with Gasteiger partial charge < -0.3 is 9.32 Å². The molecule has 2 fully saturated rings. The predicted octanol–water partition coefficient (Wildman–Crippen LogP) is 2.14. The standard InChI is InChI=1S/C15H15FN4O2/c16-11-4-5-12(17-6-11)13-18-19-14(22-13)15(21)20-7-9-2-1-3-10(9)8-20/h4-6,9-10H,1-3,7-8H2/t9-,10+. The Morgan fingerprint density at radius 2 is 2.00 bits per heavy atom. The number of pyridine rings is 1. The van der Waals surface area contributed by atoms with Crippen LogP contribution in [0.1, 0.15) is 29.9 Å². The highest BCUT2D eigenvalue weighted by atomic mass is 19.1. The molecule has 0 bridgehead atoms. The lowest BCUT2D eigenvalue weighted by Gasteiger charge is -2.14. The summed E-state index contributed by atoms with van der Waals surface area (Å²) in [4.78, 5) is 18.1. The minimum absolute atomic E-state index is 0.0268. The summed E-state index contributed by atoms with van der Waals surface area (Å²) < 4.78 is 18.3. The van der Waals surface area contributed by atoms with Gasteiger partial charge in [-0.1, -0.05) is 6.42 Å². The van der Waals surface area contributed by atoms with E-state index < -0.39 is 5.82 Å². The van der Waals surface area contributed by atoms with Crippen LogP contribution in [0.4, 0.5) is 4.39 Å². The van der Waals surface area contributed by atoms with Gasteiger partial charge in [0.1, 0.15) is 11.5 Å². The average Bonchev–Trinajstić information content (AvgIpc) is 3.22. The van der Waals surface area contributed by atoms with Crippen LogP contribution < -0.4 is 0 Å². The van der Waals surface area contributed by atoms with Gasteiger partial charge in [0, 0.05) is 13.1 Å². The summed E-state index contributed by atoms with van der Waals surface area (Å²) >= 11 is 0. The van der Waals surface area contributed by atoms with Crippen molar-refractivity contribution < 1.29 is 13.6 Å². The highest BCUT2D eigenvalue weighted by Crippen LogP contribution is 2.38. The molecule has 4 rings (SSSR count). The molecule has 1 saturated heterocycles. The zero-order chi connectivity index (χ0) is 15.1. The van der Waals surface area contributed by atoms with Crippen LogP contribution in [0.25, 0.3) is 11.6 Å². The highest BCUT2D eigenvalue weighted by Gasteiger charge is 2.39. The molecule has 1 amide bonds. The van der Waals surface area contributed by atoms with Crippen molar-refractivity contribution in [1.82, 2.24) is 20.1 Å². The summed E-state index contributed by atoms with van der Waals surface area (Å²) in [5, 5.41) is 7.64. The summed E-state index contributed by atoms with van der Waals surface area (Å²) in [6.07, 6.45) is 4.73. The minimum atomic E-state index is -0.442. The third-order valence-corrected chi connectivity index (χ3v) is 4.57. The Bertz CT molecular complexity index is 688. The lowest BCUT2D eigenvalue weighted by atomic mass is 10.0. The number of amides is 1. The lowest BCUT2D eigenvalue weighted by molar-refractivity contribution is 0.0741. The van der Waals surface area contributed by atoms with Crippen LogP contribution in [0.15, 0.2) is 22.7 Å². The fraction of sp³-hybridized carbons (Fsp3) is 0.467. The smallest absolute Gasteiger partial charge is 0.311 e. The number of hydrogen-bond acceptors (Lipinski definition) is 5. The first-order chi connectivity index (χ1) is 10.7. The van der Waals surface area contributed by atoms with E-state index in [1.54, 1.807) is 4.90 Å². The molecule has 0 unspecified atom stereocenters. The Hall–Kier alpha value is -2.31. The molecular formula is C15H15FN4O2. The highest BCUT2D eigenvalue weighted by molar-refractivity contribution is 5.90. The number of carbonyl (C=O) groups excluding carboxylic acids is 1. The van der Waals surface area contributed by atoms with Crippen molar-refractivity contribution in [2.75, 3.05) is 13.1 Å². The summed E-state index contributed by atoms with van der Waals surface area (Å²) in [5.41, 5.74) is 0.353. The van der Waals surface area contributed by atoms with Gasteiger partial charge in [-0.3, -0.25) is 4.79 Å².